The van der Waals surface area contributed by atoms with Crippen LogP contribution in [0, 0.1) is 8.99 Å². The zero-order valence-electron chi connectivity index (χ0n) is 10.4. The van der Waals surface area contributed by atoms with E-state index in [9.17, 15) is 14.7 Å². The standard InChI is InChI=1S/C13H14INO4/c1-13(12(17)18)7-19-6-10(13)15-11(16)8-4-2-3-5-9(8)14/h2-5,10H,6-7H2,1H3,(H,15,16)(H,17,18). The molecule has 1 amide bonds. The van der Waals surface area contributed by atoms with Gasteiger partial charge in [0.05, 0.1) is 24.8 Å². The second-order valence-electron chi connectivity index (χ2n) is 4.74. The molecule has 0 spiro atoms. The second kappa shape index (κ2) is 5.46. The highest BCUT2D eigenvalue weighted by Gasteiger charge is 2.47. The zero-order chi connectivity index (χ0) is 14.0. The highest BCUT2D eigenvalue weighted by Crippen LogP contribution is 2.29. The van der Waals surface area contributed by atoms with Gasteiger partial charge in [0, 0.05) is 3.57 Å². The van der Waals surface area contributed by atoms with E-state index in [2.05, 4.69) is 27.9 Å². The Balaban J connectivity index is 2.16. The number of nitrogens with one attached hydrogen (secondary N) is 1. The van der Waals surface area contributed by atoms with Gasteiger partial charge in [-0.15, -0.1) is 0 Å². The molecule has 1 aromatic carbocycles. The van der Waals surface area contributed by atoms with Crippen molar-refractivity contribution in [3.63, 3.8) is 0 Å². The largest absolute Gasteiger partial charge is 0.481 e. The van der Waals surface area contributed by atoms with E-state index in [1.54, 1.807) is 19.1 Å². The molecule has 1 aliphatic heterocycles. The number of aliphatic carboxylic acids is 1. The van der Waals surface area contributed by atoms with Gasteiger partial charge in [-0.05, 0) is 41.6 Å². The molecular formula is C13H14INO4. The van der Waals surface area contributed by atoms with Crippen LogP contribution in [0.2, 0.25) is 0 Å². The molecule has 0 saturated carbocycles. The van der Waals surface area contributed by atoms with Gasteiger partial charge in [0.1, 0.15) is 5.41 Å². The van der Waals surface area contributed by atoms with Crippen LogP contribution in [-0.4, -0.2) is 36.2 Å². The summed E-state index contributed by atoms with van der Waals surface area (Å²) in [6.07, 6.45) is 0. The minimum Gasteiger partial charge on any atom is -0.481 e. The molecule has 1 fully saturated rings. The smallest absolute Gasteiger partial charge is 0.313 e. The fourth-order valence-corrected chi connectivity index (χ4v) is 2.60. The third-order valence-electron chi connectivity index (χ3n) is 3.37. The van der Waals surface area contributed by atoms with E-state index < -0.39 is 17.4 Å². The number of benzene rings is 1. The van der Waals surface area contributed by atoms with Crippen molar-refractivity contribution < 1.29 is 19.4 Å². The summed E-state index contributed by atoms with van der Waals surface area (Å²) < 4.78 is 6.03. The lowest BCUT2D eigenvalue weighted by molar-refractivity contribution is -0.148. The third-order valence-corrected chi connectivity index (χ3v) is 4.31. The van der Waals surface area contributed by atoms with Gasteiger partial charge < -0.3 is 15.2 Å². The summed E-state index contributed by atoms with van der Waals surface area (Å²) in [4.78, 5) is 23.5. The molecule has 1 saturated heterocycles. The number of amides is 1. The maximum atomic E-state index is 12.2. The molecule has 102 valence electrons. The van der Waals surface area contributed by atoms with E-state index >= 15 is 0 Å². The van der Waals surface area contributed by atoms with Crippen molar-refractivity contribution in [2.24, 2.45) is 5.41 Å². The van der Waals surface area contributed by atoms with E-state index in [-0.39, 0.29) is 19.1 Å². The Kier molecular flexibility index (Phi) is 4.10. The number of carboxylic acid groups (broad SMARTS) is 1. The van der Waals surface area contributed by atoms with E-state index in [1.807, 2.05) is 12.1 Å². The van der Waals surface area contributed by atoms with E-state index in [0.717, 1.165) is 3.57 Å². The van der Waals surface area contributed by atoms with Crippen LogP contribution in [0.15, 0.2) is 24.3 Å². The fourth-order valence-electron chi connectivity index (χ4n) is 1.97. The van der Waals surface area contributed by atoms with Crippen molar-refractivity contribution in [3.8, 4) is 0 Å². The van der Waals surface area contributed by atoms with E-state index in [0.29, 0.717) is 5.56 Å². The van der Waals surface area contributed by atoms with Crippen LogP contribution in [-0.2, 0) is 9.53 Å². The maximum absolute atomic E-state index is 12.2. The zero-order valence-corrected chi connectivity index (χ0v) is 12.5. The summed E-state index contributed by atoms with van der Waals surface area (Å²) in [6, 6.07) is 6.65. The molecule has 1 heterocycles. The molecule has 5 nitrogen and oxygen atoms in total. The van der Waals surface area contributed by atoms with Gasteiger partial charge in [0.25, 0.3) is 5.91 Å². The number of ether oxygens (including phenoxy) is 1. The van der Waals surface area contributed by atoms with Gasteiger partial charge in [-0.2, -0.15) is 0 Å². The number of carbonyl (C=O) groups is 2. The number of hydrogen-bond donors (Lipinski definition) is 2. The molecule has 0 aliphatic carbocycles. The first-order valence-electron chi connectivity index (χ1n) is 5.81. The van der Waals surface area contributed by atoms with Crippen LogP contribution in [0.4, 0.5) is 0 Å². The molecule has 2 N–H and O–H groups in total. The predicted molar refractivity (Wildman–Crippen MR) is 77.0 cm³/mol. The predicted octanol–water partition coefficient (Wildman–Crippen LogP) is 1.51. The van der Waals surface area contributed by atoms with E-state index in [4.69, 9.17) is 4.74 Å². The van der Waals surface area contributed by atoms with Crippen molar-refractivity contribution in [1.29, 1.82) is 0 Å². The first kappa shape index (κ1) is 14.3. The molecular weight excluding hydrogens is 361 g/mol. The molecule has 1 aliphatic rings. The number of rotatable bonds is 3. The Morgan fingerprint density at radius 1 is 1.47 bits per heavy atom. The van der Waals surface area contributed by atoms with Gasteiger partial charge in [0.15, 0.2) is 0 Å². The Hall–Kier alpha value is -1.15. The van der Waals surface area contributed by atoms with Gasteiger partial charge >= 0.3 is 5.97 Å². The normalized spacial score (nSPS) is 26.1. The van der Waals surface area contributed by atoms with Crippen molar-refractivity contribution in [2.45, 2.75) is 13.0 Å². The SMILES string of the molecule is CC1(C(=O)O)COCC1NC(=O)c1ccccc1I. The minimum atomic E-state index is -1.07. The second-order valence-corrected chi connectivity index (χ2v) is 5.91. The van der Waals surface area contributed by atoms with Crippen molar-refractivity contribution >= 4 is 34.5 Å². The molecule has 1 aromatic rings. The van der Waals surface area contributed by atoms with Gasteiger partial charge in [-0.25, -0.2) is 0 Å². The van der Waals surface area contributed by atoms with Gasteiger partial charge in [-0.3, -0.25) is 9.59 Å². The summed E-state index contributed by atoms with van der Waals surface area (Å²) in [5, 5.41) is 12.0. The summed E-state index contributed by atoms with van der Waals surface area (Å²) in [5.41, 5.74) is -0.529. The third kappa shape index (κ3) is 2.74. The highest BCUT2D eigenvalue weighted by atomic mass is 127. The molecule has 6 heteroatoms. The van der Waals surface area contributed by atoms with Gasteiger partial charge in [0.2, 0.25) is 0 Å². The van der Waals surface area contributed by atoms with Crippen LogP contribution in [0.25, 0.3) is 0 Å². The van der Waals surface area contributed by atoms with Crippen LogP contribution < -0.4 is 5.32 Å². The molecule has 2 rings (SSSR count). The van der Waals surface area contributed by atoms with Crippen molar-refractivity contribution in [2.75, 3.05) is 13.2 Å². The first-order valence-corrected chi connectivity index (χ1v) is 6.89. The lowest BCUT2D eigenvalue weighted by Crippen LogP contribution is -2.49. The molecule has 2 unspecified atom stereocenters. The highest BCUT2D eigenvalue weighted by molar-refractivity contribution is 14.1. The average Bonchev–Trinajstić information content (AvgIpc) is 2.73. The van der Waals surface area contributed by atoms with Crippen molar-refractivity contribution in [3.05, 3.63) is 33.4 Å². The summed E-state index contributed by atoms with van der Waals surface area (Å²) in [6.45, 7) is 1.92. The molecule has 0 bridgehead atoms. The number of carboxylic acids is 1. The lowest BCUT2D eigenvalue weighted by Gasteiger charge is -2.25. The quantitative estimate of drug-likeness (QED) is 0.786. The molecule has 2 atom stereocenters. The molecule has 0 aromatic heterocycles. The Morgan fingerprint density at radius 2 is 2.16 bits per heavy atom. The minimum absolute atomic E-state index is 0.110. The Morgan fingerprint density at radius 3 is 2.79 bits per heavy atom. The lowest BCUT2D eigenvalue weighted by atomic mass is 9.85. The summed E-state index contributed by atoms with van der Waals surface area (Å²) >= 11 is 2.08. The van der Waals surface area contributed by atoms with E-state index in [1.165, 1.54) is 0 Å². The van der Waals surface area contributed by atoms with Crippen LogP contribution >= 0.6 is 22.6 Å². The first-order chi connectivity index (χ1) is 8.95. The van der Waals surface area contributed by atoms with Crippen LogP contribution in [0.1, 0.15) is 17.3 Å². The van der Waals surface area contributed by atoms with Crippen LogP contribution in [0.5, 0.6) is 0 Å². The van der Waals surface area contributed by atoms with Crippen molar-refractivity contribution in [1.82, 2.24) is 5.32 Å². The molecule has 19 heavy (non-hydrogen) atoms. The Labute approximate surface area is 124 Å². The average molecular weight is 375 g/mol. The fraction of sp³-hybridized carbons (Fsp3) is 0.385. The number of carbonyl (C=O) groups excluding carboxylic acids is 1. The number of halogens is 1. The topological polar surface area (TPSA) is 75.6 Å². The molecule has 0 radical (unpaired) electrons. The Bertz CT molecular complexity index is 519. The summed E-state index contributed by atoms with van der Waals surface area (Å²) in [5.74, 6) is -1.23. The van der Waals surface area contributed by atoms with Gasteiger partial charge in [-0.1, -0.05) is 12.1 Å². The maximum Gasteiger partial charge on any atom is 0.313 e. The van der Waals surface area contributed by atoms with Crippen LogP contribution in [0.3, 0.4) is 0 Å². The monoisotopic (exact) mass is 375 g/mol. The number of hydrogen-bond acceptors (Lipinski definition) is 3. The summed E-state index contributed by atoms with van der Waals surface area (Å²) in [7, 11) is 0.